The number of benzene rings is 2. The van der Waals surface area contributed by atoms with Crippen LogP contribution in [0.4, 0.5) is 4.39 Å². The van der Waals surface area contributed by atoms with Gasteiger partial charge in [-0.15, -0.1) is 11.3 Å². The largest absolute Gasteiger partial charge is 0.495 e. The topological polar surface area (TPSA) is 54.5 Å². The number of carbonyl (C=O) groups excluding carboxylic acids is 1. The zero-order valence-electron chi connectivity index (χ0n) is 18.8. The van der Waals surface area contributed by atoms with Gasteiger partial charge in [-0.2, -0.15) is 0 Å². The van der Waals surface area contributed by atoms with Gasteiger partial charge in [0.25, 0.3) is 5.91 Å². The van der Waals surface area contributed by atoms with Crippen LogP contribution in [-0.4, -0.2) is 42.5 Å². The Labute approximate surface area is 206 Å². The molecule has 1 aliphatic rings. The number of thiophene rings is 1. The Morgan fingerprint density at radius 1 is 1.21 bits per heavy atom. The summed E-state index contributed by atoms with van der Waals surface area (Å²) in [5.41, 5.74) is 1.67. The fourth-order valence-electron chi connectivity index (χ4n) is 4.48. The maximum atomic E-state index is 13.4. The number of likely N-dealkylation sites (tertiary alicyclic amines) is 1. The van der Waals surface area contributed by atoms with Gasteiger partial charge < -0.3 is 10.1 Å². The van der Waals surface area contributed by atoms with E-state index in [2.05, 4.69) is 15.2 Å². The van der Waals surface area contributed by atoms with E-state index in [0.29, 0.717) is 33.6 Å². The second-order valence-electron chi connectivity index (χ2n) is 8.71. The van der Waals surface area contributed by atoms with Crippen LogP contribution < -0.4 is 10.1 Å². The molecule has 1 amide bonds. The minimum Gasteiger partial charge on any atom is -0.495 e. The summed E-state index contributed by atoms with van der Waals surface area (Å²) in [6.45, 7) is 3.30. The third kappa shape index (κ3) is 4.87. The Bertz CT molecular complexity index is 1350. The fourth-order valence-corrected chi connectivity index (χ4v) is 5.71. The van der Waals surface area contributed by atoms with Crippen molar-refractivity contribution in [2.24, 2.45) is 5.92 Å². The standard InChI is InChI=1S/C26H25ClFN3O2S/c1-33-21-6-5-18-12-19-13-22(34-26(19)30-24(18)23(21)27)25(32)29-14-16-7-9-31(10-8-16)15-17-3-2-4-20(28)11-17/h2-6,11-13,16H,7-10,14-15H2,1H3,(H,29,32). The van der Waals surface area contributed by atoms with E-state index in [-0.39, 0.29) is 11.7 Å². The number of carbonyl (C=O) groups is 1. The van der Waals surface area contributed by atoms with E-state index in [1.54, 1.807) is 19.2 Å². The van der Waals surface area contributed by atoms with Gasteiger partial charge in [-0.1, -0.05) is 23.7 Å². The highest BCUT2D eigenvalue weighted by atomic mass is 35.5. The Morgan fingerprint density at radius 3 is 2.79 bits per heavy atom. The number of methoxy groups -OCH3 is 1. The highest BCUT2D eigenvalue weighted by Crippen LogP contribution is 2.35. The molecule has 3 heterocycles. The van der Waals surface area contributed by atoms with Crippen molar-refractivity contribution in [1.82, 2.24) is 15.2 Å². The molecule has 0 atom stereocenters. The summed E-state index contributed by atoms with van der Waals surface area (Å²) in [5, 5.41) is 5.41. The summed E-state index contributed by atoms with van der Waals surface area (Å²) in [6.07, 6.45) is 2.02. The summed E-state index contributed by atoms with van der Waals surface area (Å²) in [7, 11) is 1.58. The predicted molar refractivity (Wildman–Crippen MR) is 135 cm³/mol. The van der Waals surface area contributed by atoms with Crippen molar-refractivity contribution in [2.75, 3.05) is 26.7 Å². The molecule has 5 nitrogen and oxygen atoms in total. The molecule has 0 spiro atoms. The second kappa shape index (κ2) is 9.86. The van der Waals surface area contributed by atoms with Crippen LogP contribution in [0, 0.1) is 11.7 Å². The molecule has 5 rings (SSSR count). The minimum atomic E-state index is -0.192. The van der Waals surface area contributed by atoms with Crippen molar-refractivity contribution < 1.29 is 13.9 Å². The lowest BCUT2D eigenvalue weighted by Crippen LogP contribution is -2.38. The molecule has 0 saturated carbocycles. The van der Waals surface area contributed by atoms with Crippen LogP contribution in [0.3, 0.4) is 0 Å². The Balaban J connectivity index is 1.19. The molecule has 2 aromatic carbocycles. The van der Waals surface area contributed by atoms with E-state index in [4.69, 9.17) is 16.3 Å². The Morgan fingerprint density at radius 2 is 2.03 bits per heavy atom. The summed E-state index contributed by atoms with van der Waals surface area (Å²) >= 11 is 7.80. The minimum absolute atomic E-state index is 0.0714. The zero-order valence-corrected chi connectivity index (χ0v) is 20.4. The summed E-state index contributed by atoms with van der Waals surface area (Å²) < 4.78 is 18.7. The smallest absolute Gasteiger partial charge is 0.261 e. The van der Waals surface area contributed by atoms with Gasteiger partial charge >= 0.3 is 0 Å². The number of fused-ring (bicyclic) bond motifs is 2. The quantitative estimate of drug-likeness (QED) is 0.361. The monoisotopic (exact) mass is 497 g/mol. The van der Waals surface area contributed by atoms with Crippen molar-refractivity contribution in [2.45, 2.75) is 19.4 Å². The van der Waals surface area contributed by atoms with Gasteiger partial charge in [-0.05, 0) is 73.8 Å². The van der Waals surface area contributed by atoms with Gasteiger partial charge in [-0.25, -0.2) is 9.37 Å². The van der Waals surface area contributed by atoms with E-state index in [1.165, 1.54) is 17.4 Å². The molecule has 34 heavy (non-hydrogen) atoms. The van der Waals surface area contributed by atoms with Crippen LogP contribution in [0.15, 0.2) is 48.5 Å². The number of amides is 1. The van der Waals surface area contributed by atoms with Crippen LogP contribution in [0.25, 0.3) is 21.1 Å². The first-order valence-electron chi connectivity index (χ1n) is 11.3. The number of ether oxygens (including phenoxy) is 1. The molecule has 4 aromatic rings. The van der Waals surface area contributed by atoms with E-state index < -0.39 is 0 Å². The SMILES string of the molecule is COc1ccc2cc3cc(C(=O)NCC4CCN(Cc5cccc(F)c5)CC4)sc3nc2c1Cl. The predicted octanol–water partition coefficient (Wildman–Crippen LogP) is 5.89. The number of hydrogen-bond donors (Lipinski definition) is 1. The molecule has 1 aliphatic heterocycles. The number of piperidine rings is 1. The number of nitrogens with zero attached hydrogens (tertiary/aromatic N) is 2. The molecule has 176 valence electrons. The van der Waals surface area contributed by atoms with E-state index in [0.717, 1.165) is 53.6 Å². The molecule has 8 heteroatoms. The number of nitrogens with one attached hydrogen (secondary N) is 1. The number of hydrogen-bond acceptors (Lipinski definition) is 5. The maximum absolute atomic E-state index is 13.4. The van der Waals surface area contributed by atoms with Crippen molar-refractivity contribution in [3.05, 3.63) is 69.8 Å². The number of halogens is 2. The molecule has 2 aromatic heterocycles. The highest BCUT2D eigenvalue weighted by Gasteiger charge is 2.21. The lowest BCUT2D eigenvalue weighted by Gasteiger charge is -2.32. The molecule has 0 bridgehead atoms. The first kappa shape index (κ1) is 23.0. The normalized spacial score (nSPS) is 15.1. The van der Waals surface area contributed by atoms with Crippen molar-refractivity contribution in [3.8, 4) is 5.75 Å². The van der Waals surface area contributed by atoms with Gasteiger partial charge in [0.2, 0.25) is 0 Å². The lowest BCUT2D eigenvalue weighted by atomic mass is 9.96. The van der Waals surface area contributed by atoms with Crippen LogP contribution in [0.2, 0.25) is 5.02 Å². The zero-order chi connectivity index (χ0) is 23.7. The van der Waals surface area contributed by atoms with Crippen molar-refractivity contribution >= 4 is 50.0 Å². The van der Waals surface area contributed by atoms with Gasteiger partial charge in [0.05, 0.1) is 17.5 Å². The molecule has 1 N–H and O–H groups in total. The average Bonchev–Trinajstić information content (AvgIpc) is 3.26. The number of aromatic nitrogens is 1. The Hall–Kier alpha value is -2.74. The van der Waals surface area contributed by atoms with E-state index >= 15 is 0 Å². The first-order chi connectivity index (χ1) is 16.5. The first-order valence-corrected chi connectivity index (χ1v) is 12.5. The van der Waals surface area contributed by atoms with Crippen LogP contribution >= 0.6 is 22.9 Å². The molecule has 0 radical (unpaired) electrons. The third-order valence-electron chi connectivity index (χ3n) is 6.37. The summed E-state index contributed by atoms with van der Waals surface area (Å²) in [6, 6.07) is 14.4. The van der Waals surface area contributed by atoms with Gasteiger partial charge in [0, 0.05) is 23.9 Å². The van der Waals surface area contributed by atoms with Crippen LogP contribution in [0.5, 0.6) is 5.75 Å². The molecule has 0 aliphatic carbocycles. The molecular weight excluding hydrogens is 473 g/mol. The summed E-state index contributed by atoms with van der Waals surface area (Å²) in [4.78, 5) is 21.3. The third-order valence-corrected chi connectivity index (χ3v) is 7.78. The molecule has 1 fully saturated rings. The van der Waals surface area contributed by atoms with Gasteiger partial charge in [0.1, 0.15) is 21.4 Å². The molecular formula is C26H25ClFN3O2S. The van der Waals surface area contributed by atoms with E-state index in [9.17, 15) is 9.18 Å². The Kier molecular flexibility index (Phi) is 6.68. The second-order valence-corrected chi connectivity index (χ2v) is 10.1. The lowest BCUT2D eigenvalue weighted by molar-refractivity contribution is 0.0939. The maximum Gasteiger partial charge on any atom is 0.261 e. The summed E-state index contributed by atoms with van der Waals surface area (Å²) in [5.74, 6) is 0.756. The highest BCUT2D eigenvalue weighted by molar-refractivity contribution is 7.20. The van der Waals surface area contributed by atoms with Crippen molar-refractivity contribution in [3.63, 3.8) is 0 Å². The average molecular weight is 498 g/mol. The number of pyridine rings is 1. The van der Waals surface area contributed by atoms with Crippen molar-refractivity contribution in [1.29, 1.82) is 0 Å². The molecule has 1 saturated heterocycles. The van der Waals surface area contributed by atoms with Crippen LogP contribution in [0.1, 0.15) is 28.1 Å². The van der Waals surface area contributed by atoms with Gasteiger partial charge in [-0.3, -0.25) is 9.69 Å². The van der Waals surface area contributed by atoms with E-state index in [1.807, 2.05) is 30.3 Å². The van der Waals surface area contributed by atoms with Gasteiger partial charge in [0.15, 0.2) is 0 Å². The molecule has 0 unspecified atom stereocenters. The number of rotatable bonds is 6. The fraction of sp³-hybridized carbons (Fsp3) is 0.308. The van der Waals surface area contributed by atoms with Crippen LogP contribution in [-0.2, 0) is 6.54 Å².